The third kappa shape index (κ3) is 3.24. The van der Waals surface area contributed by atoms with Crippen LogP contribution in [-0.4, -0.2) is 18.9 Å². The Morgan fingerprint density at radius 1 is 1.45 bits per heavy atom. The minimum atomic E-state index is -3.59. The molecule has 3 N–H and O–H groups in total. The minimum absolute atomic E-state index is 0.244. The molecule has 8 heteroatoms. The molecule has 0 unspecified atom stereocenters. The van der Waals surface area contributed by atoms with Gasteiger partial charge in [0.2, 0.25) is 0 Å². The van der Waals surface area contributed by atoms with E-state index in [1.54, 1.807) is 6.07 Å². The maximum Gasteiger partial charge on any atom is 0.250 e. The SMILES string of the molecule is Cc1cc(S(=O)(=O)NC2(C(N)=S)CCCCC2)sc1Br. The van der Waals surface area contributed by atoms with Gasteiger partial charge in [-0.1, -0.05) is 31.5 Å². The molecule has 2 rings (SSSR count). The highest BCUT2D eigenvalue weighted by atomic mass is 79.9. The van der Waals surface area contributed by atoms with Crippen LogP contribution in [0.3, 0.4) is 0 Å². The summed E-state index contributed by atoms with van der Waals surface area (Å²) in [6, 6.07) is 1.66. The Labute approximate surface area is 137 Å². The molecule has 0 radical (unpaired) electrons. The molecule has 0 spiro atoms. The third-order valence-corrected chi connectivity index (χ3v) is 8.15. The normalized spacial score (nSPS) is 18.9. The molecule has 1 saturated carbocycles. The average molecular weight is 397 g/mol. The second kappa shape index (κ2) is 6.00. The Balaban J connectivity index is 2.32. The molecule has 0 atom stereocenters. The largest absolute Gasteiger partial charge is 0.392 e. The van der Waals surface area contributed by atoms with E-state index in [9.17, 15) is 8.42 Å². The molecule has 1 aromatic rings. The molecule has 20 heavy (non-hydrogen) atoms. The van der Waals surface area contributed by atoms with Crippen molar-refractivity contribution >= 4 is 54.5 Å². The summed E-state index contributed by atoms with van der Waals surface area (Å²) in [7, 11) is -3.59. The lowest BCUT2D eigenvalue weighted by Gasteiger charge is -2.36. The summed E-state index contributed by atoms with van der Waals surface area (Å²) in [5.74, 6) is 0. The first-order valence-electron chi connectivity index (χ1n) is 6.37. The first-order chi connectivity index (χ1) is 9.27. The zero-order chi connectivity index (χ0) is 15.0. The van der Waals surface area contributed by atoms with Crippen LogP contribution >= 0.6 is 39.5 Å². The van der Waals surface area contributed by atoms with E-state index >= 15 is 0 Å². The predicted molar refractivity (Wildman–Crippen MR) is 89.7 cm³/mol. The van der Waals surface area contributed by atoms with Crippen LogP contribution in [0.4, 0.5) is 0 Å². The number of thiophene rings is 1. The molecule has 1 aromatic heterocycles. The first kappa shape index (κ1) is 16.4. The van der Waals surface area contributed by atoms with E-state index in [1.807, 2.05) is 6.92 Å². The lowest BCUT2D eigenvalue weighted by molar-refractivity contribution is 0.353. The van der Waals surface area contributed by atoms with Crippen LogP contribution < -0.4 is 10.5 Å². The summed E-state index contributed by atoms with van der Waals surface area (Å²) < 4.78 is 29.0. The van der Waals surface area contributed by atoms with E-state index in [2.05, 4.69) is 20.7 Å². The van der Waals surface area contributed by atoms with Crippen LogP contribution in [0.5, 0.6) is 0 Å². The molecule has 0 bridgehead atoms. The van der Waals surface area contributed by atoms with E-state index in [-0.39, 0.29) is 4.99 Å². The molecule has 4 nitrogen and oxygen atoms in total. The first-order valence-corrected chi connectivity index (χ1v) is 9.87. The van der Waals surface area contributed by atoms with Gasteiger partial charge in [-0.25, -0.2) is 8.42 Å². The number of nitrogens with one attached hydrogen (secondary N) is 1. The molecule has 0 aliphatic heterocycles. The molecule has 1 aliphatic rings. The number of hydrogen-bond acceptors (Lipinski definition) is 4. The number of hydrogen-bond donors (Lipinski definition) is 2. The highest BCUT2D eigenvalue weighted by Crippen LogP contribution is 2.34. The number of thiocarbonyl (C=S) groups is 1. The summed E-state index contributed by atoms with van der Waals surface area (Å²) in [5, 5.41) is 0. The molecular formula is C12H17BrN2O2S3. The van der Waals surface area contributed by atoms with Gasteiger partial charge in [0.25, 0.3) is 10.0 Å². The number of nitrogens with two attached hydrogens (primary N) is 1. The van der Waals surface area contributed by atoms with Gasteiger partial charge >= 0.3 is 0 Å². The van der Waals surface area contributed by atoms with Gasteiger partial charge in [0.05, 0.1) is 14.3 Å². The predicted octanol–water partition coefficient (Wildman–Crippen LogP) is 3.09. The molecule has 1 heterocycles. The second-order valence-corrected chi connectivity index (χ2v) is 9.85. The lowest BCUT2D eigenvalue weighted by atomic mass is 9.82. The zero-order valence-corrected chi connectivity index (χ0v) is 15.1. The van der Waals surface area contributed by atoms with Crippen molar-refractivity contribution in [2.24, 2.45) is 5.73 Å². The van der Waals surface area contributed by atoms with Crippen LogP contribution in [0.2, 0.25) is 0 Å². The molecular weight excluding hydrogens is 380 g/mol. The fourth-order valence-corrected chi connectivity index (χ4v) is 6.41. The lowest BCUT2D eigenvalue weighted by Crippen LogP contribution is -2.57. The monoisotopic (exact) mass is 396 g/mol. The quantitative estimate of drug-likeness (QED) is 0.766. The van der Waals surface area contributed by atoms with Crippen molar-refractivity contribution in [3.05, 3.63) is 15.4 Å². The van der Waals surface area contributed by atoms with Gasteiger partial charge < -0.3 is 5.73 Å². The van der Waals surface area contributed by atoms with Gasteiger partial charge in [-0.05, 0) is 47.3 Å². The Morgan fingerprint density at radius 3 is 2.50 bits per heavy atom. The van der Waals surface area contributed by atoms with Crippen LogP contribution in [-0.2, 0) is 10.0 Å². The Hall–Kier alpha value is -0.0200. The van der Waals surface area contributed by atoms with Crippen LogP contribution in [0.1, 0.15) is 37.7 Å². The van der Waals surface area contributed by atoms with Crippen molar-refractivity contribution in [2.75, 3.05) is 0 Å². The maximum absolute atomic E-state index is 12.5. The topological polar surface area (TPSA) is 72.2 Å². The minimum Gasteiger partial charge on any atom is -0.392 e. The maximum atomic E-state index is 12.5. The molecule has 1 fully saturated rings. The van der Waals surface area contributed by atoms with Gasteiger partial charge in [-0.2, -0.15) is 4.72 Å². The van der Waals surface area contributed by atoms with Crippen molar-refractivity contribution in [3.63, 3.8) is 0 Å². The third-order valence-electron chi connectivity index (χ3n) is 3.61. The Bertz CT molecular complexity index is 599. The summed E-state index contributed by atoms with van der Waals surface area (Å²) in [6.45, 7) is 1.86. The summed E-state index contributed by atoms with van der Waals surface area (Å²) in [6.07, 6.45) is 4.32. The van der Waals surface area contributed by atoms with Crippen molar-refractivity contribution < 1.29 is 8.42 Å². The standard InChI is InChI=1S/C12H17BrN2O2S3/c1-8-7-9(19-10(8)13)20(16,17)15-12(11(14)18)5-3-2-4-6-12/h7,15H,2-6H2,1H3,(H2,14,18). The average Bonchev–Trinajstić information content (AvgIpc) is 2.71. The van der Waals surface area contributed by atoms with Gasteiger partial charge in [-0.3, -0.25) is 0 Å². The fraction of sp³-hybridized carbons (Fsp3) is 0.583. The van der Waals surface area contributed by atoms with E-state index in [0.717, 1.165) is 28.6 Å². The van der Waals surface area contributed by atoms with Crippen LogP contribution in [0.25, 0.3) is 0 Å². The van der Waals surface area contributed by atoms with Crippen molar-refractivity contribution in [2.45, 2.75) is 48.8 Å². The highest BCUT2D eigenvalue weighted by molar-refractivity contribution is 9.11. The van der Waals surface area contributed by atoms with Gasteiger partial charge in [0, 0.05) is 0 Å². The number of rotatable bonds is 4. The van der Waals surface area contributed by atoms with Crippen LogP contribution in [0.15, 0.2) is 14.1 Å². The van der Waals surface area contributed by atoms with Crippen molar-refractivity contribution in [3.8, 4) is 0 Å². The molecule has 0 saturated heterocycles. The number of aryl methyl sites for hydroxylation is 1. The van der Waals surface area contributed by atoms with Gasteiger partial charge in [0.1, 0.15) is 4.21 Å². The summed E-state index contributed by atoms with van der Waals surface area (Å²) >= 11 is 9.68. The number of halogens is 1. The Kier molecular flexibility index (Phi) is 4.91. The van der Waals surface area contributed by atoms with E-state index in [4.69, 9.17) is 18.0 Å². The molecule has 0 aromatic carbocycles. The fourth-order valence-electron chi connectivity index (χ4n) is 2.43. The van der Waals surface area contributed by atoms with E-state index in [0.29, 0.717) is 17.1 Å². The molecule has 0 amide bonds. The zero-order valence-electron chi connectivity index (χ0n) is 11.1. The van der Waals surface area contributed by atoms with E-state index < -0.39 is 15.6 Å². The van der Waals surface area contributed by atoms with Gasteiger partial charge in [0.15, 0.2) is 0 Å². The number of sulfonamides is 1. The summed E-state index contributed by atoms with van der Waals surface area (Å²) in [5.41, 5.74) is 5.96. The molecule has 112 valence electrons. The van der Waals surface area contributed by atoms with Gasteiger partial charge in [-0.15, -0.1) is 11.3 Å². The van der Waals surface area contributed by atoms with Crippen molar-refractivity contribution in [1.29, 1.82) is 0 Å². The van der Waals surface area contributed by atoms with Crippen molar-refractivity contribution in [1.82, 2.24) is 4.72 Å². The molecule has 1 aliphatic carbocycles. The Morgan fingerprint density at radius 2 is 2.05 bits per heavy atom. The van der Waals surface area contributed by atoms with E-state index in [1.165, 1.54) is 11.3 Å². The summed E-state index contributed by atoms with van der Waals surface area (Å²) in [4.78, 5) is 0.244. The van der Waals surface area contributed by atoms with Crippen LogP contribution in [0, 0.1) is 6.92 Å². The highest BCUT2D eigenvalue weighted by Gasteiger charge is 2.39. The second-order valence-electron chi connectivity index (χ2n) is 5.13. The smallest absolute Gasteiger partial charge is 0.250 e.